The number of benzene rings is 2. The number of hydrazone groups is 1. The number of amides is 2. The van der Waals surface area contributed by atoms with Crippen molar-refractivity contribution in [2.45, 2.75) is 6.54 Å². The van der Waals surface area contributed by atoms with Crippen LogP contribution in [0.2, 0.25) is 0 Å². The van der Waals surface area contributed by atoms with Gasteiger partial charge in [0, 0.05) is 35.8 Å². The molecule has 9 heteroatoms. The van der Waals surface area contributed by atoms with E-state index in [1.54, 1.807) is 37.6 Å². The Balaban J connectivity index is 1.37. The number of morpholine rings is 1. The first kappa shape index (κ1) is 22.3. The Kier molecular flexibility index (Phi) is 7.21. The summed E-state index contributed by atoms with van der Waals surface area (Å²) in [7, 11) is 1.58. The van der Waals surface area contributed by atoms with E-state index < -0.39 is 0 Å². The van der Waals surface area contributed by atoms with E-state index in [9.17, 15) is 9.59 Å². The van der Waals surface area contributed by atoms with Crippen LogP contribution < -0.4 is 14.9 Å². The molecular formula is C24H26N4O5. The minimum Gasteiger partial charge on any atom is -0.497 e. The molecule has 33 heavy (non-hydrogen) atoms. The lowest BCUT2D eigenvalue weighted by molar-refractivity contribution is -0.135. The summed E-state index contributed by atoms with van der Waals surface area (Å²) < 4.78 is 17.8. The molecule has 172 valence electrons. The molecule has 1 fully saturated rings. The SMILES string of the molecule is COc1ccc(OCC(=O)N/N=C/c2cn(CC(=O)N3CCOCC3)c3ccccc23)cc1. The van der Waals surface area contributed by atoms with Gasteiger partial charge in [-0.25, -0.2) is 5.43 Å². The minimum absolute atomic E-state index is 0.0477. The van der Waals surface area contributed by atoms with Crippen molar-refractivity contribution in [3.8, 4) is 11.5 Å². The second kappa shape index (κ2) is 10.6. The topological polar surface area (TPSA) is 94.4 Å². The van der Waals surface area contributed by atoms with Crippen molar-refractivity contribution in [1.82, 2.24) is 14.9 Å². The monoisotopic (exact) mass is 450 g/mol. The highest BCUT2D eigenvalue weighted by molar-refractivity contribution is 6.00. The summed E-state index contributed by atoms with van der Waals surface area (Å²) in [5.41, 5.74) is 4.20. The Labute approximate surface area is 191 Å². The molecule has 4 rings (SSSR count). The molecule has 0 bridgehead atoms. The molecule has 0 aliphatic carbocycles. The van der Waals surface area contributed by atoms with Crippen molar-refractivity contribution < 1.29 is 23.8 Å². The fraction of sp³-hybridized carbons (Fsp3) is 0.292. The number of hydrogen-bond donors (Lipinski definition) is 1. The van der Waals surface area contributed by atoms with Crippen LogP contribution in [0.25, 0.3) is 10.9 Å². The number of fused-ring (bicyclic) bond motifs is 1. The maximum Gasteiger partial charge on any atom is 0.277 e. The third-order valence-electron chi connectivity index (χ3n) is 5.31. The van der Waals surface area contributed by atoms with E-state index in [1.807, 2.05) is 39.9 Å². The highest BCUT2D eigenvalue weighted by Crippen LogP contribution is 2.20. The van der Waals surface area contributed by atoms with Crippen LogP contribution in [-0.2, 0) is 20.9 Å². The number of hydrogen-bond acceptors (Lipinski definition) is 6. The van der Waals surface area contributed by atoms with Gasteiger partial charge >= 0.3 is 0 Å². The molecule has 3 aromatic rings. The van der Waals surface area contributed by atoms with Crippen LogP contribution >= 0.6 is 0 Å². The van der Waals surface area contributed by atoms with Crippen LogP contribution in [-0.4, -0.2) is 67.5 Å². The number of nitrogens with one attached hydrogen (secondary N) is 1. The second-order valence-electron chi connectivity index (χ2n) is 7.48. The van der Waals surface area contributed by atoms with Crippen LogP contribution in [0.1, 0.15) is 5.56 Å². The van der Waals surface area contributed by atoms with Crippen molar-refractivity contribution in [1.29, 1.82) is 0 Å². The Morgan fingerprint density at radius 1 is 1.09 bits per heavy atom. The van der Waals surface area contributed by atoms with E-state index in [4.69, 9.17) is 14.2 Å². The van der Waals surface area contributed by atoms with Gasteiger partial charge in [0.15, 0.2) is 6.61 Å². The zero-order chi connectivity index (χ0) is 23.0. The van der Waals surface area contributed by atoms with Crippen molar-refractivity contribution in [3.05, 3.63) is 60.3 Å². The summed E-state index contributed by atoms with van der Waals surface area (Å²) in [5, 5.41) is 5.01. The molecule has 1 aliphatic heterocycles. The smallest absolute Gasteiger partial charge is 0.277 e. The lowest BCUT2D eigenvalue weighted by atomic mass is 10.2. The summed E-state index contributed by atoms with van der Waals surface area (Å²) in [6.45, 7) is 2.42. The quantitative estimate of drug-likeness (QED) is 0.419. The zero-order valence-corrected chi connectivity index (χ0v) is 18.4. The summed E-state index contributed by atoms with van der Waals surface area (Å²) in [6.07, 6.45) is 3.44. The van der Waals surface area contributed by atoms with Gasteiger partial charge in [-0.3, -0.25) is 9.59 Å². The van der Waals surface area contributed by atoms with Gasteiger partial charge in [-0.2, -0.15) is 5.10 Å². The zero-order valence-electron chi connectivity index (χ0n) is 18.4. The Morgan fingerprint density at radius 2 is 1.82 bits per heavy atom. The Morgan fingerprint density at radius 3 is 2.58 bits per heavy atom. The fourth-order valence-electron chi connectivity index (χ4n) is 3.59. The summed E-state index contributed by atoms with van der Waals surface area (Å²) in [4.78, 5) is 26.6. The third kappa shape index (κ3) is 5.69. The van der Waals surface area contributed by atoms with E-state index in [0.717, 1.165) is 16.5 Å². The van der Waals surface area contributed by atoms with Gasteiger partial charge in [0.2, 0.25) is 5.91 Å². The van der Waals surface area contributed by atoms with Crippen molar-refractivity contribution >= 4 is 28.9 Å². The Hall–Kier alpha value is -3.85. The van der Waals surface area contributed by atoms with E-state index >= 15 is 0 Å². The maximum atomic E-state index is 12.7. The van der Waals surface area contributed by atoms with Gasteiger partial charge in [0.05, 0.1) is 26.5 Å². The van der Waals surface area contributed by atoms with Gasteiger partial charge in [0.1, 0.15) is 18.0 Å². The molecule has 1 aliphatic rings. The molecule has 0 atom stereocenters. The van der Waals surface area contributed by atoms with Crippen LogP contribution in [0.4, 0.5) is 0 Å². The first-order chi connectivity index (χ1) is 16.1. The van der Waals surface area contributed by atoms with E-state index in [1.165, 1.54) is 0 Å². The van der Waals surface area contributed by atoms with Crippen LogP contribution in [0.5, 0.6) is 11.5 Å². The van der Waals surface area contributed by atoms with Crippen LogP contribution in [0, 0.1) is 0 Å². The van der Waals surface area contributed by atoms with E-state index in [-0.39, 0.29) is 25.0 Å². The summed E-state index contributed by atoms with van der Waals surface area (Å²) in [5.74, 6) is 0.935. The summed E-state index contributed by atoms with van der Waals surface area (Å²) in [6, 6.07) is 14.7. The first-order valence-corrected chi connectivity index (χ1v) is 10.7. The average molecular weight is 450 g/mol. The number of ether oxygens (including phenoxy) is 3. The number of rotatable bonds is 8. The van der Waals surface area contributed by atoms with Crippen molar-refractivity contribution in [2.24, 2.45) is 5.10 Å². The van der Waals surface area contributed by atoms with Gasteiger partial charge in [-0.1, -0.05) is 18.2 Å². The average Bonchev–Trinajstić information content (AvgIpc) is 3.21. The van der Waals surface area contributed by atoms with E-state index in [0.29, 0.717) is 37.8 Å². The molecule has 0 unspecified atom stereocenters. The highest BCUT2D eigenvalue weighted by atomic mass is 16.5. The maximum absolute atomic E-state index is 12.7. The largest absolute Gasteiger partial charge is 0.497 e. The number of carbonyl (C=O) groups excluding carboxylic acids is 2. The molecule has 1 saturated heterocycles. The predicted octanol–water partition coefficient (Wildman–Crippen LogP) is 2.04. The van der Waals surface area contributed by atoms with Crippen LogP contribution in [0.3, 0.4) is 0 Å². The molecule has 1 aromatic heterocycles. The van der Waals surface area contributed by atoms with Crippen molar-refractivity contribution in [3.63, 3.8) is 0 Å². The molecule has 2 aromatic carbocycles. The number of para-hydroxylation sites is 1. The highest BCUT2D eigenvalue weighted by Gasteiger charge is 2.18. The number of carbonyl (C=O) groups is 2. The van der Waals surface area contributed by atoms with E-state index in [2.05, 4.69) is 10.5 Å². The van der Waals surface area contributed by atoms with Crippen LogP contribution in [0.15, 0.2) is 59.8 Å². The standard InChI is InChI=1S/C24H26N4O5/c1-31-19-6-8-20(9-7-19)33-17-23(29)26-25-14-18-15-28(22-5-3-2-4-21(18)22)16-24(30)27-10-12-32-13-11-27/h2-9,14-15H,10-13,16-17H2,1H3,(H,26,29)/b25-14+. The molecule has 9 nitrogen and oxygen atoms in total. The molecule has 2 heterocycles. The summed E-state index contributed by atoms with van der Waals surface area (Å²) >= 11 is 0. The molecule has 0 spiro atoms. The van der Waals surface area contributed by atoms with Gasteiger partial charge < -0.3 is 23.7 Å². The molecular weight excluding hydrogens is 424 g/mol. The lowest BCUT2D eigenvalue weighted by Crippen LogP contribution is -2.42. The molecule has 0 radical (unpaired) electrons. The number of nitrogens with zero attached hydrogens (tertiary/aromatic N) is 3. The first-order valence-electron chi connectivity index (χ1n) is 10.7. The van der Waals surface area contributed by atoms with Gasteiger partial charge in [-0.15, -0.1) is 0 Å². The molecule has 0 saturated carbocycles. The molecule has 1 N–H and O–H groups in total. The lowest BCUT2D eigenvalue weighted by Gasteiger charge is -2.27. The number of methoxy groups -OCH3 is 1. The Bertz CT molecular complexity index is 1130. The van der Waals surface area contributed by atoms with Gasteiger partial charge in [-0.05, 0) is 30.3 Å². The minimum atomic E-state index is -0.381. The normalized spacial score (nSPS) is 13.9. The fourth-order valence-corrected chi connectivity index (χ4v) is 3.59. The van der Waals surface area contributed by atoms with Gasteiger partial charge in [0.25, 0.3) is 5.91 Å². The number of aromatic nitrogens is 1. The second-order valence-corrected chi connectivity index (χ2v) is 7.48. The van der Waals surface area contributed by atoms with Crippen molar-refractivity contribution in [2.75, 3.05) is 40.0 Å². The third-order valence-corrected chi connectivity index (χ3v) is 5.31. The molecule has 2 amide bonds. The predicted molar refractivity (Wildman–Crippen MR) is 124 cm³/mol.